The standard InChI is InChI=1S/C14H17FO/c1-8-3-11-5-10-4-9(2)13(15)6-12(10)14(11)16-7-8/h4,6,8,11,14H,3,5,7H2,1-2H3. The van der Waals surface area contributed by atoms with Crippen LogP contribution in [0.3, 0.4) is 0 Å². The lowest BCUT2D eigenvalue weighted by molar-refractivity contribution is -0.0451. The van der Waals surface area contributed by atoms with Crippen LogP contribution in [0.1, 0.15) is 36.1 Å². The molecule has 2 heteroatoms. The number of hydrogen-bond acceptors (Lipinski definition) is 1. The summed E-state index contributed by atoms with van der Waals surface area (Å²) in [7, 11) is 0. The van der Waals surface area contributed by atoms with Gasteiger partial charge < -0.3 is 4.74 Å². The van der Waals surface area contributed by atoms with E-state index in [0.29, 0.717) is 11.8 Å². The summed E-state index contributed by atoms with van der Waals surface area (Å²) in [5.41, 5.74) is 3.15. The highest BCUT2D eigenvalue weighted by Gasteiger charge is 2.37. The van der Waals surface area contributed by atoms with Gasteiger partial charge in [-0.05, 0) is 54.4 Å². The minimum Gasteiger partial charge on any atom is -0.373 e. The summed E-state index contributed by atoms with van der Waals surface area (Å²) in [6.45, 7) is 4.88. The van der Waals surface area contributed by atoms with Gasteiger partial charge in [0, 0.05) is 6.61 Å². The van der Waals surface area contributed by atoms with E-state index in [1.807, 2.05) is 13.0 Å². The average molecular weight is 220 g/mol. The van der Waals surface area contributed by atoms with Crippen molar-refractivity contribution in [3.05, 3.63) is 34.6 Å². The van der Waals surface area contributed by atoms with Gasteiger partial charge in [0.05, 0.1) is 6.10 Å². The first-order valence-corrected chi connectivity index (χ1v) is 6.05. The first kappa shape index (κ1) is 10.3. The Morgan fingerprint density at radius 1 is 1.38 bits per heavy atom. The van der Waals surface area contributed by atoms with E-state index in [2.05, 4.69) is 6.92 Å². The van der Waals surface area contributed by atoms with Crippen LogP contribution in [0.15, 0.2) is 12.1 Å². The molecule has 3 unspecified atom stereocenters. The molecule has 1 aliphatic carbocycles. The first-order valence-electron chi connectivity index (χ1n) is 6.05. The molecule has 86 valence electrons. The van der Waals surface area contributed by atoms with E-state index in [0.717, 1.165) is 24.2 Å². The molecule has 1 saturated heterocycles. The molecule has 1 aromatic carbocycles. The Morgan fingerprint density at radius 2 is 2.19 bits per heavy atom. The molecule has 0 aromatic heterocycles. The fraction of sp³-hybridized carbons (Fsp3) is 0.571. The van der Waals surface area contributed by atoms with Crippen LogP contribution >= 0.6 is 0 Å². The van der Waals surface area contributed by atoms with Gasteiger partial charge in [0.2, 0.25) is 0 Å². The molecule has 0 bridgehead atoms. The highest BCUT2D eigenvalue weighted by atomic mass is 19.1. The smallest absolute Gasteiger partial charge is 0.126 e. The van der Waals surface area contributed by atoms with Gasteiger partial charge in [-0.15, -0.1) is 0 Å². The molecule has 0 radical (unpaired) electrons. The van der Waals surface area contributed by atoms with Crippen LogP contribution in [0, 0.1) is 24.6 Å². The zero-order valence-electron chi connectivity index (χ0n) is 9.79. The van der Waals surface area contributed by atoms with Crippen LogP contribution in [-0.2, 0) is 11.2 Å². The molecular formula is C14H17FO. The Hall–Kier alpha value is -0.890. The Balaban J connectivity index is 1.99. The second-order valence-corrected chi connectivity index (χ2v) is 5.36. The molecule has 0 N–H and O–H groups in total. The van der Waals surface area contributed by atoms with Crippen molar-refractivity contribution in [1.29, 1.82) is 0 Å². The van der Waals surface area contributed by atoms with Gasteiger partial charge in [0.1, 0.15) is 5.82 Å². The molecule has 1 heterocycles. The Morgan fingerprint density at radius 3 is 3.00 bits per heavy atom. The van der Waals surface area contributed by atoms with Crippen LogP contribution in [0.2, 0.25) is 0 Å². The second-order valence-electron chi connectivity index (χ2n) is 5.36. The van der Waals surface area contributed by atoms with Gasteiger partial charge >= 0.3 is 0 Å². The average Bonchev–Trinajstić information content (AvgIpc) is 2.55. The largest absolute Gasteiger partial charge is 0.373 e. The van der Waals surface area contributed by atoms with Gasteiger partial charge in [-0.1, -0.05) is 13.0 Å². The number of halogens is 1. The topological polar surface area (TPSA) is 9.23 Å². The zero-order valence-corrected chi connectivity index (χ0v) is 9.79. The molecule has 1 aromatic rings. The number of rotatable bonds is 0. The van der Waals surface area contributed by atoms with Gasteiger partial charge in [0.15, 0.2) is 0 Å². The maximum absolute atomic E-state index is 13.6. The molecule has 0 saturated carbocycles. The summed E-state index contributed by atoms with van der Waals surface area (Å²) >= 11 is 0. The zero-order chi connectivity index (χ0) is 11.3. The van der Waals surface area contributed by atoms with Crippen molar-refractivity contribution in [3.63, 3.8) is 0 Å². The van der Waals surface area contributed by atoms with Crippen LogP contribution in [-0.4, -0.2) is 6.61 Å². The van der Waals surface area contributed by atoms with Crippen LogP contribution in [0.25, 0.3) is 0 Å². The molecule has 1 nitrogen and oxygen atoms in total. The van der Waals surface area contributed by atoms with Crippen LogP contribution in [0.4, 0.5) is 4.39 Å². The normalized spacial score (nSPS) is 32.3. The van der Waals surface area contributed by atoms with Crippen molar-refractivity contribution in [1.82, 2.24) is 0 Å². The predicted octanol–water partition coefficient (Wildman–Crippen LogP) is 3.40. The Kier molecular flexibility index (Phi) is 2.28. The minimum absolute atomic E-state index is 0.0957. The fourth-order valence-corrected chi connectivity index (χ4v) is 3.13. The molecule has 3 rings (SSSR count). The molecule has 1 aliphatic heterocycles. The number of hydrogen-bond donors (Lipinski definition) is 0. The van der Waals surface area contributed by atoms with Crippen molar-refractivity contribution in [2.45, 2.75) is 32.8 Å². The van der Waals surface area contributed by atoms with Gasteiger partial charge in [-0.2, -0.15) is 0 Å². The molecule has 3 atom stereocenters. The summed E-state index contributed by atoms with van der Waals surface area (Å²) < 4.78 is 19.4. The molecule has 0 amide bonds. The third-order valence-corrected chi connectivity index (χ3v) is 3.90. The lowest BCUT2D eigenvalue weighted by Gasteiger charge is -2.30. The van der Waals surface area contributed by atoms with E-state index >= 15 is 0 Å². The number of ether oxygens (including phenoxy) is 1. The molecule has 16 heavy (non-hydrogen) atoms. The van der Waals surface area contributed by atoms with E-state index in [-0.39, 0.29) is 11.9 Å². The first-order chi connectivity index (χ1) is 7.65. The van der Waals surface area contributed by atoms with Gasteiger partial charge in [0.25, 0.3) is 0 Å². The van der Waals surface area contributed by atoms with Crippen LogP contribution in [0.5, 0.6) is 0 Å². The lowest BCUT2D eigenvalue weighted by atomic mass is 9.89. The number of benzene rings is 1. The SMILES string of the molecule is Cc1cc2c(cc1F)C1OCC(C)CC1C2. The van der Waals surface area contributed by atoms with E-state index in [4.69, 9.17) is 4.74 Å². The van der Waals surface area contributed by atoms with Crippen LogP contribution < -0.4 is 0 Å². The molecule has 1 fully saturated rings. The Labute approximate surface area is 95.6 Å². The maximum Gasteiger partial charge on any atom is 0.126 e. The third-order valence-electron chi connectivity index (χ3n) is 3.90. The minimum atomic E-state index is -0.0957. The third kappa shape index (κ3) is 1.47. The summed E-state index contributed by atoms with van der Waals surface area (Å²) in [6, 6.07) is 3.68. The van der Waals surface area contributed by atoms with E-state index < -0.39 is 0 Å². The monoisotopic (exact) mass is 220 g/mol. The number of fused-ring (bicyclic) bond motifs is 3. The summed E-state index contributed by atoms with van der Waals surface area (Å²) in [6.07, 6.45) is 2.42. The van der Waals surface area contributed by atoms with E-state index in [1.165, 1.54) is 12.0 Å². The van der Waals surface area contributed by atoms with E-state index in [1.54, 1.807) is 6.07 Å². The quantitative estimate of drug-likeness (QED) is 0.651. The van der Waals surface area contributed by atoms with Crippen molar-refractivity contribution < 1.29 is 9.13 Å². The summed E-state index contributed by atoms with van der Waals surface area (Å²) in [4.78, 5) is 0. The van der Waals surface area contributed by atoms with Crippen molar-refractivity contribution in [2.24, 2.45) is 11.8 Å². The van der Waals surface area contributed by atoms with E-state index in [9.17, 15) is 4.39 Å². The summed E-state index contributed by atoms with van der Waals surface area (Å²) in [5.74, 6) is 1.11. The Bertz CT molecular complexity index is 427. The van der Waals surface area contributed by atoms with Gasteiger partial charge in [-0.25, -0.2) is 4.39 Å². The highest BCUT2D eigenvalue weighted by molar-refractivity contribution is 5.39. The molecule has 2 aliphatic rings. The van der Waals surface area contributed by atoms with Gasteiger partial charge in [-0.3, -0.25) is 0 Å². The highest BCUT2D eigenvalue weighted by Crippen LogP contribution is 2.45. The second kappa shape index (κ2) is 3.56. The van der Waals surface area contributed by atoms with Crippen molar-refractivity contribution in [2.75, 3.05) is 6.61 Å². The lowest BCUT2D eigenvalue weighted by Crippen LogP contribution is -2.24. The maximum atomic E-state index is 13.6. The molecule has 0 spiro atoms. The summed E-state index contributed by atoms with van der Waals surface area (Å²) in [5, 5.41) is 0. The predicted molar refractivity (Wildman–Crippen MR) is 60.8 cm³/mol. The number of aryl methyl sites for hydroxylation is 1. The van der Waals surface area contributed by atoms with Crippen molar-refractivity contribution in [3.8, 4) is 0 Å². The fourth-order valence-electron chi connectivity index (χ4n) is 3.13. The molecular weight excluding hydrogens is 203 g/mol. The van der Waals surface area contributed by atoms with Crippen molar-refractivity contribution >= 4 is 0 Å².